The molecule has 1 aliphatic carbocycles. The summed E-state index contributed by atoms with van der Waals surface area (Å²) < 4.78 is 15.1. The highest BCUT2D eigenvalue weighted by molar-refractivity contribution is 7.46. The Morgan fingerprint density at radius 3 is 2.00 bits per heavy atom. The van der Waals surface area contributed by atoms with Crippen LogP contribution < -0.4 is 0 Å². The highest BCUT2D eigenvalue weighted by Crippen LogP contribution is 2.59. The molecule has 0 atom stereocenters. The third kappa shape index (κ3) is 1.80. The number of hydrogen-bond acceptors (Lipinski definition) is 2. The predicted molar refractivity (Wildman–Crippen MR) is 48.8 cm³/mol. The van der Waals surface area contributed by atoms with Crippen LogP contribution in [0, 0.1) is 10.8 Å². The van der Waals surface area contributed by atoms with Crippen molar-refractivity contribution < 1.29 is 18.9 Å². The highest BCUT2D eigenvalue weighted by atomic mass is 31.2. The zero-order valence-corrected chi connectivity index (χ0v) is 9.13. The Morgan fingerprint density at radius 1 is 1.31 bits per heavy atom. The van der Waals surface area contributed by atoms with Gasteiger partial charge in [-0.15, -0.1) is 0 Å². The van der Waals surface area contributed by atoms with Crippen molar-refractivity contribution in [1.29, 1.82) is 0 Å². The normalized spacial score (nSPS) is 24.6. The van der Waals surface area contributed by atoms with E-state index in [2.05, 4.69) is 4.52 Å². The maximum atomic E-state index is 10.6. The first kappa shape index (κ1) is 10.8. The summed E-state index contributed by atoms with van der Waals surface area (Å²) in [4.78, 5) is 17.2. The Hall–Kier alpha value is -0.310. The summed E-state index contributed by atoms with van der Waals surface area (Å²) in [6.07, 6.45) is 1.74. The Labute approximate surface area is 77.9 Å². The van der Waals surface area contributed by atoms with Crippen LogP contribution >= 0.6 is 7.82 Å². The lowest BCUT2D eigenvalue weighted by Gasteiger charge is -2.49. The molecule has 0 aromatic carbocycles. The predicted octanol–water partition coefficient (Wildman–Crippen LogP) is 2.05. The molecule has 76 valence electrons. The SMILES string of the molecule is CC1(C)C=C(OP(=O)(O)O)C1(C)C. The van der Waals surface area contributed by atoms with Crippen molar-refractivity contribution in [2.45, 2.75) is 27.7 Å². The lowest BCUT2D eigenvalue weighted by molar-refractivity contribution is 0.0761. The van der Waals surface area contributed by atoms with Crippen molar-refractivity contribution in [1.82, 2.24) is 0 Å². The highest BCUT2D eigenvalue weighted by Gasteiger charge is 2.50. The summed E-state index contributed by atoms with van der Waals surface area (Å²) in [6.45, 7) is 7.80. The third-order valence-corrected chi connectivity index (χ3v) is 3.37. The minimum atomic E-state index is -4.39. The number of phosphoric ester groups is 1. The number of phosphoric acid groups is 1. The van der Waals surface area contributed by atoms with Crippen LogP contribution in [0.2, 0.25) is 0 Å². The van der Waals surface area contributed by atoms with E-state index in [0.29, 0.717) is 5.76 Å². The van der Waals surface area contributed by atoms with Gasteiger partial charge in [-0.25, -0.2) is 4.57 Å². The first-order valence-electron chi connectivity index (χ1n) is 4.05. The van der Waals surface area contributed by atoms with Crippen LogP contribution in [0.25, 0.3) is 0 Å². The fraction of sp³-hybridized carbons (Fsp3) is 0.750. The smallest absolute Gasteiger partial charge is 0.408 e. The van der Waals surface area contributed by atoms with Gasteiger partial charge in [0.25, 0.3) is 0 Å². The van der Waals surface area contributed by atoms with Crippen molar-refractivity contribution in [3.8, 4) is 0 Å². The summed E-state index contributed by atoms with van der Waals surface area (Å²) in [5, 5.41) is 0. The van der Waals surface area contributed by atoms with Gasteiger partial charge in [0, 0.05) is 5.41 Å². The van der Waals surface area contributed by atoms with Gasteiger partial charge in [-0.05, 0) is 11.5 Å². The van der Waals surface area contributed by atoms with E-state index in [9.17, 15) is 4.57 Å². The van der Waals surface area contributed by atoms with Crippen molar-refractivity contribution in [3.63, 3.8) is 0 Å². The average molecular weight is 206 g/mol. The third-order valence-electron chi connectivity index (χ3n) is 2.94. The lowest BCUT2D eigenvalue weighted by Crippen LogP contribution is -2.42. The van der Waals surface area contributed by atoms with E-state index in [-0.39, 0.29) is 10.8 Å². The molecule has 0 unspecified atom stereocenters. The molecule has 2 N–H and O–H groups in total. The molecule has 0 spiro atoms. The van der Waals surface area contributed by atoms with Crippen LogP contribution in [0.4, 0.5) is 0 Å². The standard InChI is InChI=1S/C8H15O4P/c1-7(2)5-6(8(7,3)4)12-13(9,10)11/h5H,1-4H3,(H2,9,10,11). The van der Waals surface area contributed by atoms with Gasteiger partial charge in [0.15, 0.2) is 0 Å². The van der Waals surface area contributed by atoms with Gasteiger partial charge in [-0.1, -0.05) is 27.7 Å². The maximum absolute atomic E-state index is 10.6. The average Bonchev–Trinajstić information content (AvgIpc) is 1.82. The molecule has 0 amide bonds. The summed E-state index contributed by atoms with van der Waals surface area (Å²) >= 11 is 0. The molecule has 0 saturated carbocycles. The van der Waals surface area contributed by atoms with Gasteiger partial charge >= 0.3 is 7.82 Å². The molecule has 0 aromatic rings. The molecule has 0 bridgehead atoms. The molecule has 0 aliphatic heterocycles. The van der Waals surface area contributed by atoms with Gasteiger partial charge in [-0.2, -0.15) is 0 Å². The van der Waals surface area contributed by atoms with Gasteiger partial charge in [0.2, 0.25) is 0 Å². The molecular weight excluding hydrogens is 191 g/mol. The van der Waals surface area contributed by atoms with Gasteiger partial charge in [0.1, 0.15) is 5.76 Å². The monoisotopic (exact) mass is 206 g/mol. The Morgan fingerprint density at radius 2 is 1.77 bits per heavy atom. The molecule has 0 fully saturated rings. The van der Waals surface area contributed by atoms with Crippen LogP contribution in [0.1, 0.15) is 27.7 Å². The van der Waals surface area contributed by atoms with Crippen LogP contribution in [0.3, 0.4) is 0 Å². The molecule has 0 radical (unpaired) electrons. The first-order valence-corrected chi connectivity index (χ1v) is 5.58. The number of rotatable bonds is 2. The van der Waals surface area contributed by atoms with Gasteiger partial charge in [-0.3, -0.25) is 9.79 Å². The fourth-order valence-corrected chi connectivity index (χ4v) is 1.73. The Kier molecular flexibility index (Phi) is 2.15. The van der Waals surface area contributed by atoms with E-state index in [0.717, 1.165) is 0 Å². The zero-order valence-electron chi connectivity index (χ0n) is 8.24. The van der Waals surface area contributed by atoms with Crippen LogP contribution in [-0.2, 0) is 9.09 Å². The number of allylic oxidation sites excluding steroid dienone is 2. The fourth-order valence-electron chi connectivity index (χ4n) is 1.20. The van der Waals surface area contributed by atoms with E-state index >= 15 is 0 Å². The van der Waals surface area contributed by atoms with E-state index < -0.39 is 7.82 Å². The van der Waals surface area contributed by atoms with Gasteiger partial charge in [0.05, 0.1) is 0 Å². The molecule has 1 aliphatic rings. The van der Waals surface area contributed by atoms with E-state index in [1.54, 1.807) is 6.08 Å². The summed E-state index contributed by atoms with van der Waals surface area (Å²) in [5.41, 5.74) is -0.383. The summed E-state index contributed by atoms with van der Waals surface area (Å²) in [5.74, 6) is 0.380. The largest absolute Gasteiger partial charge is 0.524 e. The zero-order chi connectivity index (χ0) is 10.5. The molecule has 1 rings (SSSR count). The lowest BCUT2D eigenvalue weighted by atomic mass is 9.58. The van der Waals surface area contributed by atoms with Crippen molar-refractivity contribution >= 4 is 7.82 Å². The van der Waals surface area contributed by atoms with Crippen LogP contribution in [0.5, 0.6) is 0 Å². The van der Waals surface area contributed by atoms with Gasteiger partial charge < -0.3 is 4.52 Å². The molecule has 13 heavy (non-hydrogen) atoms. The molecule has 0 aromatic heterocycles. The second-order valence-electron chi connectivity index (χ2n) is 4.44. The maximum Gasteiger partial charge on any atom is 0.524 e. The first-order chi connectivity index (χ1) is 5.56. The molecule has 0 heterocycles. The van der Waals surface area contributed by atoms with E-state index in [4.69, 9.17) is 9.79 Å². The summed E-state index contributed by atoms with van der Waals surface area (Å²) in [7, 11) is -4.39. The second-order valence-corrected chi connectivity index (χ2v) is 5.60. The second kappa shape index (κ2) is 2.59. The summed E-state index contributed by atoms with van der Waals surface area (Å²) in [6, 6.07) is 0. The topological polar surface area (TPSA) is 66.8 Å². The minimum absolute atomic E-state index is 0.0719. The molecule has 5 heteroatoms. The van der Waals surface area contributed by atoms with Crippen molar-refractivity contribution in [2.75, 3.05) is 0 Å². The molecule has 0 saturated heterocycles. The Balaban J connectivity index is 2.84. The quantitative estimate of drug-likeness (QED) is 0.678. The molecule has 4 nitrogen and oxygen atoms in total. The number of hydrogen-bond donors (Lipinski definition) is 2. The Bertz CT molecular complexity index is 297. The van der Waals surface area contributed by atoms with Crippen molar-refractivity contribution in [2.24, 2.45) is 10.8 Å². The van der Waals surface area contributed by atoms with Crippen LogP contribution in [0.15, 0.2) is 11.8 Å². The van der Waals surface area contributed by atoms with Crippen molar-refractivity contribution in [3.05, 3.63) is 11.8 Å². The van der Waals surface area contributed by atoms with E-state index in [1.807, 2.05) is 27.7 Å². The van der Waals surface area contributed by atoms with Crippen LogP contribution in [-0.4, -0.2) is 9.79 Å². The van der Waals surface area contributed by atoms with E-state index in [1.165, 1.54) is 0 Å². The minimum Gasteiger partial charge on any atom is -0.408 e. The molecular formula is C8H15O4P.